The average molecular weight is 1330 g/mol. The van der Waals surface area contributed by atoms with E-state index in [9.17, 15) is 33.6 Å². The van der Waals surface area contributed by atoms with Crippen LogP contribution < -0.4 is 60.3 Å². The number of ether oxygens (including phenoxy) is 7. The van der Waals surface area contributed by atoms with Crippen molar-refractivity contribution in [2.24, 2.45) is 0 Å². The minimum Gasteiger partial charge on any atom is -0.490 e. The molecule has 0 aliphatic carbocycles. The van der Waals surface area contributed by atoms with Crippen LogP contribution in [0.3, 0.4) is 0 Å². The van der Waals surface area contributed by atoms with Gasteiger partial charge in [0, 0.05) is 91.6 Å². The smallest absolute Gasteiger partial charge is 0.320 e. The van der Waals surface area contributed by atoms with Gasteiger partial charge in [-0.3, -0.25) is 53.2 Å². The summed E-state index contributed by atoms with van der Waals surface area (Å²) < 4.78 is 42.0. The predicted octanol–water partition coefficient (Wildman–Crippen LogP) is 7.26. The van der Waals surface area contributed by atoms with Gasteiger partial charge in [-0.05, 0) is 81.3 Å². The molecule has 0 atom stereocenters. The number of esters is 1. The summed E-state index contributed by atoms with van der Waals surface area (Å²) in [7, 11) is 0. The quantitative estimate of drug-likeness (QED) is 0.0240. The number of amides is 6. The molecule has 0 saturated carbocycles. The Hall–Kier alpha value is -7.41. The molecule has 1 aliphatic rings. The van der Waals surface area contributed by atoms with Crippen LogP contribution in [0.15, 0.2) is 54.6 Å². The van der Waals surface area contributed by atoms with Crippen molar-refractivity contribution in [3.8, 4) is 34.5 Å². The highest BCUT2D eigenvalue weighted by molar-refractivity contribution is 5.99. The minimum absolute atomic E-state index is 0.0120. The van der Waals surface area contributed by atoms with E-state index in [1.54, 1.807) is 54.6 Å². The summed E-state index contributed by atoms with van der Waals surface area (Å²) in [4.78, 5) is 104. The van der Waals surface area contributed by atoms with E-state index >= 15 is 0 Å². The number of nitrogens with one attached hydrogen (secondary N) is 6. The molecule has 24 nitrogen and oxygen atoms in total. The Labute approximate surface area is 565 Å². The lowest BCUT2D eigenvalue weighted by Gasteiger charge is -2.33. The van der Waals surface area contributed by atoms with E-state index in [1.807, 2.05) is 26.5 Å². The molecular formula is C71H114N10O14. The van der Waals surface area contributed by atoms with Gasteiger partial charge in [0.1, 0.15) is 0 Å². The summed E-state index contributed by atoms with van der Waals surface area (Å²) in [5, 5.41) is 17.6. The molecule has 532 valence electrons. The van der Waals surface area contributed by atoms with Gasteiger partial charge in [0.05, 0.1) is 89.1 Å². The summed E-state index contributed by atoms with van der Waals surface area (Å²) >= 11 is 0. The first-order valence-corrected chi connectivity index (χ1v) is 35.1. The maximum Gasteiger partial charge on any atom is 0.320 e. The number of carbonyl (C=O) groups excluding carboxylic acids is 7. The van der Waals surface area contributed by atoms with Gasteiger partial charge in [0.2, 0.25) is 17.7 Å². The third-order valence-electron chi connectivity index (χ3n) is 15.5. The van der Waals surface area contributed by atoms with Crippen molar-refractivity contribution in [1.82, 2.24) is 51.5 Å². The fraction of sp³-hybridized carbons (Fsp3) is 0.648. The second kappa shape index (κ2) is 49.2. The zero-order chi connectivity index (χ0) is 68.7. The Morgan fingerprint density at radius 2 is 0.558 bits per heavy atom. The largest absolute Gasteiger partial charge is 0.490 e. The van der Waals surface area contributed by atoms with Crippen LogP contribution in [0.5, 0.6) is 34.5 Å². The summed E-state index contributed by atoms with van der Waals surface area (Å²) in [5.41, 5.74) is 1.03. The molecule has 4 rings (SSSR count). The van der Waals surface area contributed by atoms with Gasteiger partial charge < -0.3 is 65.1 Å². The number of hydrogen-bond donors (Lipinski definition) is 6. The van der Waals surface area contributed by atoms with E-state index in [0.717, 1.165) is 89.9 Å². The Morgan fingerprint density at radius 1 is 0.316 bits per heavy atom. The van der Waals surface area contributed by atoms with Crippen molar-refractivity contribution in [2.75, 3.05) is 164 Å². The molecule has 0 spiro atoms. The van der Waals surface area contributed by atoms with Gasteiger partial charge in [-0.1, -0.05) is 112 Å². The highest BCUT2D eigenvalue weighted by Crippen LogP contribution is 2.34. The molecule has 6 N–H and O–H groups in total. The molecule has 0 unspecified atom stereocenters. The van der Waals surface area contributed by atoms with Gasteiger partial charge in [-0.15, -0.1) is 0 Å². The maximum absolute atomic E-state index is 13.9. The lowest BCUT2D eigenvalue weighted by molar-refractivity contribution is -0.145. The topological polar surface area (TPSA) is 269 Å². The van der Waals surface area contributed by atoms with Crippen LogP contribution in [0.1, 0.15) is 169 Å². The number of unbranched alkanes of at least 4 members (excludes halogenated alkanes) is 7. The highest BCUT2D eigenvalue weighted by atomic mass is 16.5. The maximum atomic E-state index is 13.9. The summed E-state index contributed by atoms with van der Waals surface area (Å²) in [6.45, 7) is 21.1. The van der Waals surface area contributed by atoms with Crippen molar-refractivity contribution in [3.05, 3.63) is 71.3 Å². The van der Waals surface area contributed by atoms with Crippen LogP contribution >= 0.6 is 0 Å². The molecule has 24 heteroatoms. The van der Waals surface area contributed by atoms with E-state index in [-0.39, 0.29) is 107 Å². The Bertz CT molecular complexity index is 2600. The second-order valence-corrected chi connectivity index (χ2v) is 23.6. The van der Waals surface area contributed by atoms with Gasteiger partial charge in [-0.25, -0.2) is 0 Å². The fourth-order valence-electron chi connectivity index (χ4n) is 9.77. The third-order valence-corrected chi connectivity index (χ3v) is 15.5. The molecule has 0 bridgehead atoms. The van der Waals surface area contributed by atoms with Crippen molar-refractivity contribution < 1.29 is 66.7 Å². The molecular weight excluding hydrogens is 1220 g/mol. The monoisotopic (exact) mass is 1330 g/mol. The lowest BCUT2D eigenvalue weighted by atomic mass is 10.1. The van der Waals surface area contributed by atoms with Crippen LogP contribution in [-0.2, 0) is 23.9 Å². The number of rotatable bonds is 47. The SMILES string of the molecule is CCCCOC(=O)CN1CCN(CC(=O)NCCNC(=O)c2cccc(OCCCC)c2OCCCC)CCN(CC(=O)NCCNC(=O)c2cccc(OCCCC)c2OCCCC)CCN(CC(=O)NCCNC(=O)c2cccc(OCCCC)c2OCCCC)CC1. The number of para-hydroxylation sites is 3. The van der Waals surface area contributed by atoms with Crippen LogP contribution in [-0.4, -0.2) is 225 Å². The zero-order valence-corrected chi connectivity index (χ0v) is 58.3. The molecule has 3 aromatic carbocycles. The van der Waals surface area contributed by atoms with Gasteiger partial charge >= 0.3 is 5.97 Å². The van der Waals surface area contributed by atoms with E-state index in [2.05, 4.69) is 73.4 Å². The average Bonchev–Trinajstić information content (AvgIpc) is 0.879. The molecule has 95 heavy (non-hydrogen) atoms. The first kappa shape index (κ1) is 80.0. The second-order valence-electron chi connectivity index (χ2n) is 23.6. The highest BCUT2D eigenvalue weighted by Gasteiger charge is 2.25. The van der Waals surface area contributed by atoms with Crippen molar-refractivity contribution in [1.29, 1.82) is 0 Å². The fourth-order valence-corrected chi connectivity index (χ4v) is 9.77. The van der Waals surface area contributed by atoms with Crippen molar-refractivity contribution in [2.45, 2.75) is 138 Å². The van der Waals surface area contributed by atoms with Crippen molar-refractivity contribution >= 4 is 41.4 Å². The standard InChI is InChI=1S/C71H114N10O14/c1-8-15-45-89-59-28-22-25-56(66(59)93-49-19-12-5)69(86)75-34-31-72-62(82)52-78-37-39-79(53-63(83)73-32-35-76-70(87)57-26-23-29-60(90-46-16-9-2)67(57)94-50-20-13-6)41-43-81(55-65(85)92-48-18-11-4)44-42-80(40-38-78)54-64(84)74-33-36-77-71(88)58-27-24-30-61(91-47-17-10-3)68(58)95-51-21-14-7/h22-30H,8-21,31-55H2,1-7H3,(H,72,82)(H,73,83)(H,74,84)(H,75,86)(H,76,87)(H,77,88). The van der Waals surface area contributed by atoms with E-state index in [1.165, 1.54) is 0 Å². The molecule has 0 radical (unpaired) electrons. The zero-order valence-electron chi connectivity index (χ0n) is 58.3. The Morgan fingerprint density at radius 3 is 0.832 bits per heavy atom. The first-order valence-electron chi connectivity index (χ1n) is 35.1. The third kappa shape index (κ3) is 32.3. The molecule has 1 heterocycles. The first-order chi connectivity index (χ1) is 46.3. The number of hydrogen-bond acceptors (Lipinski definition) is 18. The Kier molecular flexibility index (Phi) is 41.4. The predicted molar refractivity (Wildman–Crippen MR) is 369 cm³/mol. The number of nitrogens with zero attached hydrogens (tertiary/aromatic N) is 4. The van der Waals surface area contributed by atoms with Crippen LogP contribution in [0, 0.1) is 0 Å². The van der Waals surface area contributed by atoms with E-state index < -0.39 is 0 Å². The molecule has 1 fully saturated rings. The van der Waals surface area contributed by atoms with Crippen LogP contribution in [0.4, 0.5) is 0 Å². The van der Waals surface area contributed by atoms with E-state index in [4.69, 9.17) is 33.2 Å². The van der Waals surface area contributed by atoms with E-state index in [0.29, 0.717) is 150 Å². The van der Waals surface area contributed by atoms with Gasteiger partial charge in [0.15, 0.2) is 34.5 Å². The van der Waals surface area contributed by atoms with Gasteiger partial charge in [0.25, 0.3) is 17.7 Å². The molecule has 3 aromatic rings. The summed E-state index contributed by atoms with van der Waals surface area (Å²) in [5.74, 6) is 0.366. The molecule has 1 saturated heterocycles. The minimum atomic E-state index is -0.381. The van der Waals surface area contributed by atoms with Crippen LogP contribution in [0.25, 0.3) is 0 Å². The lowest BCUT2D eigenvalue weighted by Crippen LogP contribution is -2.51. The summed E-state index contributed by atoms with van der Waals surface area (Å²) in [6.07, 6.45) is 12.2. The van der Waals surface area contributed by atoms with Gasteiger partial charge in [-0.2, -0.15) is 0 Å². The molecule has 0 aromatic heterocycles. The Balaban J connectivity index is 1.49. The normalized spacial score (nSPS) is 13.5. The number of carbonyl (C=O) groups is 7. The van der Waals surface area contributed by atoms with Crippen molar-refractivity contribution in [3.63, 3.8) is 0 Å². The summed E-state index contributed by atoms with van der Waals surface area (Å²) in [6, 6.07) is 15.8. The number of benzene rings is 3. The van der Waals surface area contributed by atoms with Crippen LogP contribution in [0.2, 0.25) is 0 Å². The molecule has 6 amide bonds. The molecule has 1 aliphatic heterocycles.